The SMILES string of the molecule is COCc1ccc(C)cc1OC/C=C/CCCOCc1ccc(C)c(C(C)=O)c1. The second kappa shape index (κ2) is 12.2. The van der Waals surface area contributed by atoms with E-state index in [1.807, 2.05) is 43.3 Å². The van der Waals surface area contributed by atoms with Gasteiger partial charge in [0.05, 0.1) is 13.2 Å². The second-order valence-corrected chi connectivity index (χ2v) is 7.23. The molecule has 0 fully saturated rings. The summed E-state index contributed by atoms with van der Waals surface area (Å²) in [5, 5.41) is 0. The quantitative estimate of drug-likeness (QED) is 0.267. The van der Waals surface area contributed by atoms with Gasteiger partial charge in [0.2, 0.25) is 0 Å². The summed E-state index contributed by atoms with van der Waals surface area (Å²) in [4.78, 5) is 11.6. The summed E-state index contributed by atoms with van der Waals surface area (Å²) in [5.74, 6) is 0.972. The van der Waals surface area contributed by atoms with Crippen LogP contribution in [0.15, 0.2) is 48.6 Å². The number of methoxy groups -OCH3 is 1. The van der Waals surface area contributed by atoms with Gasteiger partial charge in [0.1, 0.15) is 12.4 Å². The van der Waals surface area contributed by atoms with Crippen molar-refractivity contribution in [1.29, 1.82) is 0 Å². The first kappa shape index (κ1) is 22.9. The number of carbonyl (C=O) groups is 1. The molecule has 29 heavy (non-hydrogen) atoms. The number of rotatable bonds is 12. The maximum absolute atomic E-state index is 11.6. The molecule has 0 aromatic heterocycles. The van der Waals surface area contributed by atoms with Gasteiger partial charge in [-0.3, -0.25) is 4.79 Å². The number of Topliss-reactive ketones (excluding diaryl/α,β-unsaturated/α-hetero) is 1. The molecule has 0 aliphatic carbocycles. The van der Waals surface area contributed by atoms with Gasteiger partial charge in [0.15, 0.2) is 5.78 Å². The second-order valence-electron chi connectivity index (χ2n) is 7.23. The topological polar surface area (TPSA) is 44.8 Å². The highest BCUT2D eigenvalue weighted by atomic mass is 16.5. The van der Waals surface area contributed by atoms with Gasteiger partial charge in [0, 0.05) is 24.8 Å². The van der Waals surface area contributed by atoms with Crippen LogP contribution >= 0.6 is 0 Å². The molecule has 4 heteroatoms. The molecule has 0 N–H and O–H groups in total. The summed E-state index contributed by atoms with van der Waals surface area (Å²) in [6.07, 6.45) is 6.04. The standard InChI is InChI=1S/C25H32O4/c1-19-9-12-23(18-27-4)25(15-19)29-14-8-6-5-7-13-28-17-22-11-10-20(2)24(16-22)21(3)26/h6,8-12,15-16H,5,7,13-14,17-18H2,1-4H3/b8-6+. The van der Waals surface area contributed by atoms with Gasteiger partial charge >= 0.3 is 0 Å². The zero-order chi connectivity index (χ0) is 21.1. The van der Waals surface area contributed by atoms with Crippen LogP contribution in [-0.4, -0.2) is 26.1 Å². The van der Waals surface area contributed by atoms with E-state index in [1.54, 1.807) is 14.0 Å². The van der Waals surface area contributed by atoms with E-state index in [4.69, 9.17) is 14.2 Å². The number of benzene rings is 2. The molecule has 0 aliphatic rings. The fourth-order valence-corrected chi connectivity index (χ4v) is 3.03. The molecule has 0 unspecified atom stereocenters. The van der Waals surface area contributed by atoms with Crippen LogP contribution in [-0.2, 0) is 22.7 Å². The lowest BCUT2D eigenvalue weighted by Crippen LogP contribution is -2.00. The number of allylic oxidation sites excluding steroid dienone is 1. The molecule has 0 saturated carbocycles. The van der Waals surface area contributed by atoms with Crippen molar-refractivity contribution in [3.05, 3.63) is 76.4 Å². The smallest absolute Gasteiger partial charge is 0.160 e. The van der Waals surface area contributed by atoms with Crippen LogP contribution in [0.2, 0.25) is 0 Å². The average molecular weight is 397 g/mol. The fraction of sp³-hybridized carbons (Fsp3) is 0.400. The Labute approximate surface area is 174 Å². The van der Waals surface area contributed by atoms with Crippen LogP contribution in [0.3, 0.4) is 0 Å². The number of hydrogen-bond acceptors (Lipinski definition) is 4. The molecule has 0 amide bonds. The third kappa shape index (κ3) is 7.84. The minimum absolute atomic E-state index is 0.0942. The van der Waals surface area contributed by atoms with E-state index in [0.29, 0.717) is 26.4 Å². The van der Waals surface area contributed by atoms with Crippen LogP contribution in [0.4, 0.5) is 0 Å². The third-order valence-electron chi connectivity index (χ3n) is 4.63. The number of ether oxygens (including phenoxy) is 3. The van der Waals surface area contributed by atoms with Crippen molar-refractivity contribution in [2.75, 3.05) is 20.3 Å². The Morgan fingerprint density at radius 2 is 1.86 bits per heavy atom. The van der Waals surface area contributed by atoms with Crippen molar-refractivity contribution in [3.8, 4) is 5.75 Å². The van der Waals surface area contributed by atoms with Crippen molar-refractivity contribution < 1.29 is 19.0 Å². The largest absolute Gasteiger partial charge is 0.489 e. The lowest BCUT2D eigenvalue weighted by atomic mass is 10.0. The molecule has 156 valence electrons. The zero-order valence-corrected chi connectivity index (χ0v) is 18.0. The number of hydrogen-bond donors (Lipinski definition) is 0. The Morgan fingerprint density at radius 1 is 1.03 bits per heavy atom. The van der Waals surface area contributed by atoms with E-state index in [-0.39, 0.29) is 5.78 Å². The highest BCUT2D eigenvalue weighted by Crippen LogP contribution is 2.21. The van der Waals surface area contributed by atoms with Gasteiger partial charge in [-0.1, -0.05) is 36.4 Å². The molecule has 0 radical (unpaired) electrons. The van der Waals surface area contributed by atoms with Gasteiger partial charge in [-0.05, 0) is 62.4 Å². The highest BCUT2D eigenvalue weighted by Gasteiger charge is 2.05. The molecule has 2 aromatic carbocycles. The molecule has 0 saturated heterocycles. The van der Waals surface area contributed by atoms with Gasteiger partial charge < -0.3 is 14.2 Å². The van der Waals surface area contributed by atoms with E-state index in [2.05, 4.69) is 19.1 Å². The van der Waals surface area contributed by atoms with Crippen molar-refractivity contribution in [1.82, 2.24) is 0 Å². The van der Waals surface area contributed by atoms with Gasteiger partial charge in [0.25, 0.3) is 0 Å². The number of aryl methyl sites for hydroxylation is 2. The molecule has 4 nitrogen and oxygen atoms in total. The maximum Gasteiger partial charge on any atom is 0.160 e. The first-order valence-corrected chi connectivity index (χ1v) is 10.1. The van der Waals surface area contributed by atoms with E-state index in [9.17, 15) is 4.79 Å². The van der Waals surface area contributed by atoms with Crippen molar-refractivity contribution in [2.45, 2.75) is 46.8 Å². The Hall–Kier alpha value is -2.43. The van der Waals surface area contributed by atoms with Crippen LogP contribution in [0.25, 0.3) is 0 Å². The zero-order valence-electron chi connectivity index (χ0n) is 18.0. The van der Waals surface area contributed by atoms with Gasteiger partial charge in [-0.25, -0.2) is 0 Å². The Balaban J connectivity index is 1.65. The molecule has 0 aliphatic heterocycles. The third-order valence-corrected chi connectivity index (χ3v) is 4.63. The molecular weight excluding hydrogens is 364 g/mol. The lowest BCUT2D eigenvalue weighted by Gasteiger charge is -2.10. The van der Waals surface area contributed by atoms with E-state index >= 15 is 0 Å². The van der Waals surface area contributed by atoms with E-state index in [1.165, 1.54) is 5.56 Å². The van der Waals surface area contributed by atoms with Crippen LogP contribution in [0, 0.1) is 13.8 Å². The molecule has 2 aromatic rings. The van der Waals surface area contributed by atoms with Crippen LogP contribution < -0.4 is 4.74 Å². The minimum Gasteiger partial charge on any atom is -0.489 e. The average Bonchev–Trinajstić information content (AvgIpc) is 2.69. The first-order valence-electron chi connectivity index (χ1n) is 10.1. The van der Waals surface area contributed by atoms with E-state index < -0.39 is 0 Å². The summed E-state index contributed by atoms with van der Waals surface area (Å²) in [6, 6.07) is 12.1. The van der Waals surface area contributed by atoms with Crippen LogP contribution in [0.5, 0.6) is 5.75 Å². The molecule has 0 atom stereocenters. The number of unbranched alkanes of at least 4 members (excludes halogenated alkanes) is 1. The minimum atomic E-state index is 0.0942. The normalized spacial score (nSPS) is 11.2. The van der Waals surface area contributed by atoms with Crippen molar-refractivity contribution >= 4 is 5.78 Å². The Bertz CT molecular complexity index is 824. The first-order chi connectivity index (χ1) is 14.0. The number of ketones is 1. The molecule has 0 spiro atoms. The molecule has 0 heterocycles. The Morgan fingerprint density at radius 3 is 2.62 bits per heavy atom. The Kier molecular flexibility index (Phi) is 9.62. The maximum atomic E-state index is 11.6. The monoisotopic (exact) mass is 396 g/mol. The van der Waals surface area contributed by atoms with Crippen LogP contribution in [0.1, 0.15) is 52.4 Å². The molecule has 2 rings (SSSR count). The summed E-state index contributed by atoms with van der Waals surface area (Å²) in [6.45, 7) is 7.91. The van der Waals surface area contributed by atoms with Gasteiger partial charge in [-0.2, -0.15) is 0 Å². The van der Waals surface area contributed by atoms with Crippen molar-refractivity contribution in [2.24, 2.45) is 0 Å². The summed E-state index contributed by atoms with van der Waals surface area (Å²) in [7, 11) is 1.69. The molecular formula is C25H32O4. The van der Waals surface area contributed by atoms with E-state index in [0.717, 1.165) is 40.8 Å². The summed E-state index contributed by atoms with van der Waals surface area (Å²) >= 11 is 0. The molecule has 0 bridgehead atoms. The predicted octanol–water partition coefficient (Wildman–Crippen LogP) is 5.58. The summed E-state index contributed by atoms with van der Waals surface area (Å²) in [5.41, 5.74) is 5.05. The van der Waals surface area contributed by atoms with Gasteiger partial charge in [-0.15, -0.1) is 0 Å². The predicted molar refractivity (Wildman–Crippen MR) is 117 cm³/mol. The lowest BCUT2D eigenvalue weighted by molar-refractivity contribution is 0.101. The highest BCUT2D eigenvalue weighted by molar-refractivity contribution is 5.95. The fourth-order valence-electron chi connectivity index (χ4n) is 3.03. The van der Waals surface area contributed by atoms with Crippen molar-refractivity contribution in [3.63, 3.8) is 0 Å². The summed E-state index contributed by atoms with van der Waals surface area (Å²) < 4.78 is 16.8. The number of carbonyl (C=O) groups excluding carboxylic acids is 1.